The number of aliphatic hydroxyl groups excluding tert-OH is 1. The molecule has 0 aromatic heterocycles. The van der Waals surface area contributed by atoms with Crippen molar-refractivity contribution in [2.45, 2.75) is 13.3 Å². The van der Waals surface area contributed by atoms with Crippen LogP contribution in [0.5, 0.6) is 0 Å². The maximum atomic E-state index is 11.4. The third-order valence-corrected chi connectivity index (χ3v) is 4.86. The first-order valence-electron chi connectivity index (χ1n) is 7.21. The Bertz CT molecular complexity index is 692. The molecule has 2 unspecified atom stereocenters. The van der Waals surface area contributed by atoms with E-state index in [2.05, 4.69) is 0 Å². The van der Waals surface area contributed by atoms with Crippen LogP contribution in [-0.2, 0) is 4.79 Å². The molecule has 0 fully saturated rings. The van der Waals surface area contributed by atoms with E-state index in [1.165, 1.54) is 0 Å². The number of carboxylic acid groups (broad SMARTS) is 1. The van der Waals surface area contributed by atoms with E-state index in [9.17, 15) is 15.0 Å². The fourth-order valence-electron chi connectivity index (χ4n) is 2.65. The van der Waals surface area contributed by atoms with Crippen LogP contribution < -0.4 is 0 Å². The summed E-state index contributed by atoms with van der Waals surface area (Å²) in [5, 5.41) is 19.9. The minimum Gasteiger partial charge on any atom is -0.481 e. The van der Waals surface area contributed by atoms with Gasteiger partial charge in [0, 0.05) is 5.41 Å². The molecule has 3 nitrogen and oxygen atoms in total. The zero-order valence-electron chi connectivity index (χ0n) is 12.7. The van der Waals surface area contributed by atoms with Gasteiger partial charge in [-0.1, -0.05) is 66.6 Å². The number of allylic oxidation sites excluding steroid dienone is 4. The molecule has 0 radical (unpaired) electrons. The Labute approximate surface area is 145 Å². The first-order valence-corrected chi connectivity index (χ1v) is 7.97. The average molecular weight is 353 g/mol. The van der Waals surface area contributed by atoms with Crippen molar-refractivity contribution in [3.8, 4) is 0 Å². The Hall–Kier alpha value is -1.55. The van der Waals surface area contributed by atoms with Gasteiger partial charge in [-0.05, 0) is 29.7 Å². The van der Waals surface area contributed by atoms with Crippen molar-refractivity contribution in [2.24, 2.45) is 11.3 Å². The second kappa shape index (κ2) is 7.35. The number of carbonyl (C=O) groups is 1. The van der Waals surface area contributed by atoms with Gasteiger partial charge in [0.2, 0.25) is 0 Å². The van der Waals surface area contributed by atoms with Gasteiger partial charge in [-0.15, -0.1) is 0 Å². The maximum Gasteiger partial charge on any atom is 0.311 e. The van der Waals surface area contributed by atoms with Crippen molar-refractivity contribution in [3.63, 3.8) is 0 Å². The Kier molecular flexibility index (Phi) is 5.69. The highest BCUT2D eigenvalue weighted by Gasteiger charge is 2.35. The highest BCUT2D eigenvalue weighted by molar-refractivity contribution is 6.42. The molecule has 0 heterocycles. The van der Waals surface area contributed by atoms with E-state index >= 15 is 0 Å². The van der Waals surface area contributed by atoms with Crippen molar-refractivity contribution in [3.05, 3.63) is 64.2 Å². The summed E-state index contributed by atoms with van der Waals surface area (Å²) in [4.78, 5) is 11.4. The molecule has 0 spiro atoms. The van der Waals surface area contributed by atoms with Crippen LogP contribution in [0.3, 0.4) is 0 Å². The van der Waals surface area contributed by atoms with Gasteiger partial charge in [-0.2, -0.15) is 0 Å². The first-order chi connectivity index (χ1) is 10.9. The molecule has 23 heavy (non-hydrogen) atoms. The number of halogens is 2. The number of carboxylic acids is 1. The summed E-state index contributed by atoms with van der Waals surface area (Å²) in [6.45, 7) is 1.73. The van der Waals surface area contributed by atoms with Crippen LogP contribution in [0, 0.1) is 11.3 Å². The summed E-state index contributed by atoms with van der Waals surface area (Å²) in [5.41, 5.74) is 0.918. The van der Waals surface area contributed by atoms with Gasteiger partial charge in [0.1, 0.15) is 0 Å². The maximum absolute atomic E-state index is 11.4. The van der Waals surface area contributed by atoms with Gasteiger partial charge >= 0.3 is 5.97 Å². The fraction of sp³-hybridized carbons (Fsp3) is 0.278. The SMILES string of the molecule is CC1(C/C=C(\CO)c2ccc(Cl)c(Cl)c2)C=CC=CC1C(=O)O. The molecule has 2 rings (SSSR count). The molecule has 2 atom stereocenters. The van der Waals surface area contributed by atoms with Crippen molar-refractivity contribution in [1.29, 1.82) is 0 Å². The molecule has 2 N–H and O–H groups in total. The third kappa shape index (κ3) is 4.05. The number of aliphatic carboxylic acids is 1. The predicted octanol–water partition coefficient (Wildman–Crippen LogP) is 4.59. The van der Waals surface area contributed by atoms with E-state index in [0.717, 1.165) is 5.56 Å². The molecule has 1 aromatic rings. The van der Waals surface area contributed by atoms with Crippen molar-refractivity contribution < 1.29 is 15.0 Å². The Morgan fingerprint density at radius 2 is 2.04 bits per heavy atom. The standard InChI is InChI=1S/C18H18Cl2O3/c1-18(8-3-2-4-14(18)17(22)23)9-7-13(11-21)12-5-6-15(19)16(20)10-12/h2-8,10,14,21H,9,11H2,1H3,(H,22,23)/b13-7+. The Morgan fingerprint density at radius 1 is 1.30 bits per heavy atom. The van der Waals surface area contributed by atoms with Crippen LogP contribution in [0.2, 0.25) is 10.0 Å². The van der Waals surface area contributed by atoms with E-state index in [-0.39, 0.29) is 6.61 Å². The van der Waals surface area contributed by atoms with Crippen LogP contribution in [-0.4, -0.2) is 22.8 Å². The Morgan fingerprint density at radius 3 is 2.65 bits per heavy atom. The molecule has 0 aliphatic heterocycles. The number of benzene rings is 1. The molecule has 0 saturated carbocycles. The number of rotatable bonds is 5. The average Bonchev–Trinajstić information content (AvgIpc) is 2.51. The molecule has 1 aliphatic carbocycles. The third-order valence-electron chi connectivity index (χ3n) is 4.12. The molecule has 0 bridgehead atoms. The zero-order chi connectivity index (χ0) is 17.0. The molecule has 1 aromatic carbocycles. The minimum absolute atomic E-state index is 0.161. The second-order valence-corrected chi connectivity index (χ2v) is 6.60. The quantitative estimate of drug-likeness (QED) is 0.814. The van der Waals surface area contributed by atoms with E-state index in [1.54, 1.807) is 30.4 Å². The molecule has 0 saturated heterocycles. The first kappa shape index (κ1) is 17.8. The highest BCUT2D eigenvalue weighted by atomic mass is 35.5. The normalized spacial score (nSPS) is 24.0. The van der Waals surface area contributed by atoms with Crippen molar-refractivity contribution >= 4 is 34.7 Å². The van der Waals surface area contributed by atoms with Gasteiger partial charge < -0.3 is 10.2 Å². The van der Waals surface area contributed by atoms with Crippen LogP contribution in [0.4, 0.5) is 0 Å². The van der Waals surface area contributed by atoms with E-state index in [0.29, 0.717) is 22.0 Å². The topological polar surface area (TPSA) is 57.5 Å². The van der Waals surface area contributed by atoms with E-state index in [4.69, 9.17) is 23.2 Å². The van der Waals surface area contributed by atoms with E-state index in [1.807, 2.05) is 25.2 Å². The molecule has 5 heteroatoms. The molecule has 1 aliphatic rings. The lowest BCUT2D eigenvalue weighted by molar-refractivity contribution is -0.142. The highest BCUT2D eigenvalue weighted by Crippen LogP contribution is 2.38. The predicted molar refractivity (Wildman–Crippen MR) is 93.7 cm³/mol. The molecular formula is C18H18Cl2O3. The molecule has 122 valence electrons. The smallest absolute Gasteiger partial charge is 0.311 e. The Balaban J connectivity index is 2.28. The van der Waals surface area contributed by atoms with Gasteiger partial charge in [0.25, 0.3) is 0 Å². The van der Waals surface area contributed by atoms with Gasteiger partial charge in [-0.25, -0.2) is 0 Å². The van der Waals surface area contributed by atoms with Gasteiger partial charge in [0.05, 0.1) is 22.6 Å². The molecule has 0 amide bonds. The lowest BCUT2D eigenvalue weighted by atomic mass is 9.71. The zero-order valence-corrected chi connectivity index (χ0v) is 14.2. The fourth-order valence-corrected chi connectivity index (χ4v) is 2.94. The lowest BCUT2D eigenvalue weighted by Crippen LogP contribution is -2.31. The molecular weight excluding hydrogens is 335 g/mol. The summed E-state index contributed by atoms with van der Waals surface area (Å²) in [7, 11) is 0. The summed E-state index contributed by atoms with van der Waals surface area (Å²) in [6, 6.07) is 5.15. The van der Waals surface area contributed by atoms with Gasteiger partial charge in [0.15, 0.2) is 0 Å². The lowest BCUT2D eigenvalue weighted by Gasteiger charge is -2.31. The van der Waals surface area contributed by atoms with Gasteiger partial charge in [-0.3, -0.25) is 4.79 Å². The summed E-state index contributed by atoms with van der Waals surface area (Å²) in [5.74, 6) is -1.46. The van der Waals surface area contributed by atoms with Crippen LogP contribution in [0.1, 0.15) is 18.9 Å². The van der Waals surface area contributed by atoms with E-state index < -0.39 is 17.3 Å². The monoisotopic (exact) mass is 352 g/mol. The minimum atomic E-state index is -0.860. The number of hydrogen-bond donors (Lipinski definition) is 2. The second-order valence-electron chi connectivity index (χ2n) is 5.79. The summed E-state index contributed by atoms with van der Waals surface area (Å²) < 4.78 is 0. The van der Waals surface area contributed by atoms with Crippen LogP contribution in [0.25, 0.3) is 5.57 Å². The number of aliphatic hydroxyl groups is 1. The summed E-state index contributed by atoms with van der Waals surface area (Å²) >= 11 is 11.9. The van der Waals surface area contributed by atoms with Crippen LogP contribution in [0.15, 0.2) is 48.6 Å². The summed E-state index contributed by atoms with van der Waals surface area (Å²) in [6.07, 6.45) is 9.53. The van der Waals surface area contributed by atoms with Crippen LogP contribution >= 0.6 is 23.2 Å². The van der Waals surface area contributed by atoms with Crippen molar-refractivity contribution in [2.75, 3.05) is 6.61 Å². The largest absolute Gasteiger partial charge is 0.481 e. The van der Waals surface area contributed by atoms with Crippen molar-refractivity contribution in [1.82, 2.24) is 0 Å². The number of hydrogen-bond acceptors (Lipinski definition) is 2.